The summed E-state index contributed by atoms with van der Waals surface area (Å²) in [7, 11) is -1.40. The van der Waals surface area contributed by atoms with Crippen molar-refractivity contribution < 1.29 is 22.7 Å². The van der Waals surface area contributed by atoms with E-state index >= 15 is 0 Å². The maximum absolute atomic E-state index is 12.5. The van der Waals surface area contributed by atoms with Crippen LogP contribution in [0.1, 0.15) is 20.9 Å². The van der Waals surface area contributed by atoms with Crippen molar-refractivity contribution in [1.29, 1.82) is 5.26 Å². The van der Waals surface area contributed by atoms with Gasteiger partial charge < -0.3 is 10.1 Å². The molecule has 1 aromatic heterocycles. The van der Waals surface area contributed by atoms with Gasteiger partial charge >= 0.3 is 5.97 Å². The summed E-state index contributed by atoms with van der Waals surface area (Å²) in [6.07, 6.45) is 0. The SMILES string of the molecule is COC(=O)c1sc(NC(=O)CN(C)S(=O)(=O)c2ccc(C#N)cc2)nc1C. The van der Waals surface area contributed by atoms with E-state index in [9.17, 15) is 18.0 Å². The lowest BCUT2D eigenvalue weighted by atomic mass is 10.2. The van der Waals surface area contributed by atoms with Crippen LogP contribution in [-0.4, -0.2) is 50.3 Å². The van der Waals surface area contributed by atoms with Crippen LogP contribution in [0.25, 0.3) is 0 Å². The van der Waals surface area contributed by atoms with Crippen LogP contribution in [0.3, 0.4) is 0 Å². The van der Waals surface area contributed by atoms with Gasteiger partial charge in [-0.15, -0.1) is 0 Å². The summed E-state index contributed by atoms with van der Waals surface area (Å²) in [6.45, 7) is 1.15. The molecule has 27 heavy (non-hydrogen) atoms. The number of carbonyl (C=O) groups is 2. The predicted molar refractivity (Wildman–Crippen MR) is 97.8 cm³/mol. The molecule has 1 heterocycles. The number of likely N-dealkylation sites (N-methyl/N-ethyl adjacent to an activating group) is 1. The van der Waals surface area contributed by atoms with Crippen molar-refractivity contribution in [3.05, 3.63) is 40.4 Å². The fourth-order valence-electron chi connectivity index (χ4n) is 2.06. The number of benzene rings is 1. The van der Waals surface area contributed by atoms with Crippen LogP contribution < -0.4 is 5.32 Å². The van der Waals surface area contributed by atoms with Crippen molar-refractivity contribution in [1.82, 2.24) is 9.29 Å². The summed E-state index contributed by atoms with van der Waals surface area (Å²) in [5.41, 5.74) is 0.732. The van der Waals surface area contributed by atoms with E-state index in [-0.39, 0.29) is 14.9 Å². The molecular weight excluding hydrogens is 392 g/mol. The number of ether oxygens (including phenoxy) is 1. The highest BCUT2D eigenvalue weighted by Crippen LogP contribution is 2.23. The molecule has 0 fully saturated rings. The fraction of sp³-hybridized carbons (Fsp3) is 0.250. The van der Waals surface area contributed by atoms with E-state index < -0.39 is 28.4 Å². The molecule has 0 atom stereocenters. The summed E-state index contributed by atoms with van der Waals surface area (Å²) in [5, 5.41) is 11.4. The van der Waals surface area contributed by atoms with Crippen LogP contribution >= 0.6 is 11.3 Å². The van der Waals surface area contributed by atoms with Crippen molar-refractivity contribution in [3.63, 3.8) is 0 Å². The van der Waals surface area contributed by atoms with Crippen molar-refractivity contribution in [2.24, 2.45) is 0 Å². The largest absolute Gasteiger partial charge is 0.465 e. The zero-order valence-electron chi connectivity index (χ0n) is 14.7. The number of aromatic nitrogens is 1. The van der Waals surface area contributed by atoms with Gasteiger partial charge in [0.1, 0.15) is 4.88 Å². The number of nitrogens with one attached hydrogen (secondary N) is 1. The molecule has 0 saturated carbocycles. The van der Waals surface area contributed by atoms with Gasteiger partial charge in [0.15, 0.2) is 5.13 Å². The van der Waals surface area contributed by atoms with Crippen molar-refractivity contribution in [2.45, 2.75) is 11.8 Å². The number of amides is 1. The Hall–Kier alpha value is -2.81. The molecule has 2 aromatic rings. The molecule has 142 valence electrons. The van der Waals surface area contributed by atoms with E-state index in [1.54, 1.807) is 6.92 Å². The first-order chi connectivity index (χ1) is 12.7. The minimum atomic E-state index is -3.90. The lowest BCUT2D eigenvalue weighted by Gasteiger charge is -2.16. The average Bonchev–Trinajstić information content (AvgIpc) is 3.00. The van der Waals surface area contributed by atoms with Crippen LogP contribution in [-0.2, 0) is 19.6 Å². The fourth-order valence-corrected chi connectivity index (χ4v) is 4.09. The van der Waals surface area contributed by atoms with Crippen molar-refractivity contribution in [3.8, 4) is 6.07 Å². The molecule has 0 aliphatic carbocycles. The summed E-state index contributed by atoms with van der Waals surface area (Å²) in [4.78, 5) is 28.0. The first-order valence-corrected chi connectivity index (χ1v) is 9.76. The average molecular weight is 408 g/mol. The highest BCUT2D eigenvalue weighted by molar-refractivity contribution is 7.89. The predicted octanol–water partition coefficient (Wildman–Crippen LogP) is 1.37. The number of carbonyl (C=O) groups excluding carboxylic acids is 2. The van der Waals surface area contributed by atoms with Crippen LogP contribution in [0.15, 0.2) is 29.2 Å². The van der Waals surface area contributed by atoms with E-state index in [0.717, 1.165) is 15.6 Å². The summed E-state index contributed by atoms with van der Waals surface area (Å²) in [6, 6.07) is 7.27. The molecule has 0 saturated heterocycles. The van der Waals surface area contributed by atoms with E-state index in [0.29, 0.717) is 11.3 Å². The molecule has 1 amide bonds. The number of methoxy groups -OCH3 is 1. The Morgan fingerprint density at radius 2 is 1.96 bits per heavy atom. The molecule has 1 N–H and O–H groups in total. The van der Waals surface area contributed by atoms with E-state index in [1.807, 2.05) is 6.07 Å². The summed E-state index contributed by atoms with van der Waals surface area (Å²) in [5.74, 6) is -1.18. The Labute approximate surface area is 160 Å². The van der Waals surface area contributed by atoms with Gasteiger partial charge in [0.25, 0.3) is 0 Å². The van der Waals surface area contributed by atoms with Gasteiger partial charge in [-0.2, -0.15) is 9.57 Å². The number of rotatable bonds is 6. The highest BCUT2D eigenvalue weighted by Gasteiger charge is 2.24. The van der Waals surface area contributed by atoms with Crippen LogP contribution in [0.2, 0.25) is 0 Å². The molecule has 2 rings (SSSR count). The zero-order chi connectivity index (χ0) is 20.2. The second-order valence-corrected chi connectivity index (χ2v) is 8.41. The number of esters is 1. The van der Waals surface area contributed by atoms with Gasteiger partial charge in [-0.05, 0) is 31.2 Å². The van der Waals surface area contributed by atoms with Crippen molar-refractivity contribution >= 4 is 38.4 Å². The van der Waals surface area contributed by atoms with Gasteiger partial charge in [-0.3, -0.25) is 4.79 Å². The Bertz CT molecular complexity index is 1010. The van der Waals surface area contributed by atoms with Gasteiger partial charge in [0, 0.05) is 7.05 Å². The second kappa shape index (κ2) is 8.26. The second-order valence-electron chi connectivity index (χ2n) is 5.37. The Kier molecular flexibility index (Phi) is 6.27. The molecule has 0 spiro atoms. The number of nitriles is 1. The lowest BCUT2D eigenvalue weighted by Crippen LogP contribution is -2.34. The number of thiazole rings is 1. The third kappa shape index (κ3) is 4.68. The quantitative estimate of drug-likeness (QED) is 0.715. The smallest absolute Gasteiger partial charge is 0.350 e. The highest BCUT2D eigenvalue weighted by atomic mass is 32.2. The Morgan fingerprint density at radius 3 is 2.52 bits per heavy atom. The van der Waals surface area contributed by atoms with Crippen LogP contribution in [0.4, 0.5) is 5.13 Å². The molecule has 9 nitrogen and oxygen atoms in total. The molecular formula is C16H16N4O5S2. The molecule has 0 bridgehead atoms. The number of anilines is 1. The first kappa shape index (κ1) is 20.5. The molecule has 0 radical (unpaired) electrons. The minimum absolute atomic E-state index is 0.0325. The number of hydrogen-bond donors (Lipinski definition) is 1. The topological polar surface area (TPSA) is 129 Å². The van der Waals surface area contributed by atoms with Gasteiger partial charge in [0.2, 0.25) is 15.9 Å². The standard InChI is InChI=1S/C16H16N4O5S2/c1-10-14(15(22)25-3)26-16(18-10)19-13(21)9-20(2)27(23,24)12-6-4-11(8-17)5-7-12/h4-7H,9H2,1-3H3,(H,18,19,21). The van der Waals surface area contributed by atoms with Gasteiger partial charge in [0.05, 0.1) is 35.9 Å². The molecule has 0 aliphatic rings. The van der Waals surface area contributed by atoms with E-state index in [2.05, 4.69) is 15.0 Å². The lowest BCUT2D eigenvalue weighted by molar-refractivity contribution is -0.116. The normalized spacial score (nSPS) is 11.1. The van der Waals surface area contributed by atoms with E-state index in [1.165, 1.54) is 38.4 Å². The van der Waals surface area contributed by atoms with Crippen molar-refractivity contribution in [2.75, 3.05) is 26.0 Å². The first-order valence-electron chi connectivity index (χ1n) is 7.51. The third-order valence-corrected chi connectivity index (χ3v) is 6.34. The van der Waals surface area contributed by atoms with E-state index in [4.69, 9.17) is 5.26 Å². The number of nitrogens with zero attached hydrogens (tertiary/aromatic N) is 3. The van der Waals surface area contributed by atoms with Crippen LogP contribution in [0.5, 0.6) is 0 Å². The molecule has 1 aromatic carbocycles. The maximum atomic E-state index is 12.5. The number of sulfonamides is 1. The van der Waals surface area contributed by atoms with Crippen LogP contribution in [0, 0.1) is 18.3 Å². The monoisotopic (exact) mass is 408 g/mol. The summed E-state index contributed by atoms with van der Waals surface area (Å²) < 4.78 is 30.5. The Morgan fingerprint density at radius 1 is 1.33 bits per heavy atom. The zero-order valence-corrected chi connectivity index (χ0v) is 16.3. The van der Waals surface area contributed by atoms with Gasteiger partial charge in [-0.1, -0.05) is 11.3 Å². The molecule has 0 aliphatic heterocycles. The Balaban J connectivity index is 2.08. The number of aryl methyl sites for hydroxylation is 1. The summed E-state index contributed by atoms with van der Waals surface area (Å²) >= 11 is 0.939. The molecule has 11 heteroatoms. The number of hydrogen-bond acceptors (Lipinski definition) is 8. The third-order valence-electron chi connectivity index (χ3n) is 3.47. The van der Waals surface area contributed by atoms with Gasteiger partial charge in [-0.25, -0.2) is 18.2 Å². The minimum Gasteiger partial charge on any atom is -0.465 e. The molecule has 0 unspecified atom stereocenters. The maximum Gasteiger partial charge on any atom is 0.350 e.